The van der Waals surface area contributed by atoms with Crippen LogP contribution in [0.4, 0.5) is 21.6 Å². The van der Waals surface area contributed by atoms with Gasteiger partial charge < -0.3 is 24.4 Å². The minimum Gasteiger partial charge on any atom is -0.379 e. The van der Waals surface area contributed by atoms with Crippen LogP contribution in [-0.4, -0.2) is 92.6 Å². The molecule has 11 rings (SSSR count). The van der Waals surface area contributed by atoms with Gasteiger partial charge in [-0.3, -0.25) is 19.5 Å². The lowest BCUT2D eigenvalue weighted by Gasteiger charge is -2.54. The number of amides is 2. The Morgan fingerprint density at radius 3 is 2.45 bits per heavy atom. The maximum atomic E-state index is 14.9. The number of benzene rings is 1. The van der Waals surface area contributed by atoms with Gasteiger partial charge in [0.2, 0.25) is 11.8 Å². The molecule has 2 amide bonds. The van der Waals surface area contributed by atoms with Crippen molar-refractivity contribution in [2.75, 3.05) is 49.6 Å². The molecule has 0 unspecified atom stereocenters. The second kappa shape index (κ2) is 12.0. The summed E-state index contributed by atoms with van der Waals surface area (Å²) in [6.07, 6.45) is 10.5. The zero-order valence-electron chi connectivity index (χ0n) is 30.7. The lowest BCUT2D eigenvalue weighted by atomic mass is 9.69. The zero-order chi connectivity index (χ0) is 36.2. The molecule has 12 heteroatoms. The standard InChI is InChI=1S/C41H47FN8O3/c1-24(2)49-23-44-34-17-33(46-37(36(34)49)45-32-6-9-43-18-31(32)42)27-4-5-30-35(14-27)50(29-15-28(16-29)48-19-25-12-26(13-25)20-48)39(52)41(30)7-10-47(11-8-41)38(51)40(3)21-53-22-40/h4-6,9,14,17-18,23-26,28-29H,7-8,10-13,15-16,19-22H2,1-3H3,(H,43,45,46)/t25?,26?,28-,29+. The third kappa shape index (κ3) is 5.15. The van der Waals surface area contributed by atoms with Crippen molar-refractivity contribution in [2.45, 2.75) is 82.8 Å². The first-order valence-corrected chi connectivity index (χ1v) is 19.4. The Hall–Kier alpha value is -4.42. The summed E-state index contributed by atoms with van der Waals surface area (Å²) in [5, 5.41) is 3.24. The van der Waals surface area contributed by atoms with E-state index in [0.717, 1.165) is 52.5 Å². The summed E-state index contributed by atoms with van der Waals surface area (Å²) >= 11 is 0. The fraction of sp³-hybridized carbons (Fsp3) is 0.537. The van der Waals surface area contributed by atoms with Gasteiger partial charge in [-0.25, -0.2) is 14.4 Å². The molecule has 4 saturated heterocycles. The van der Waals surface area contributed by atoms with E-state index in [-0.39, 0.29) is 29.6 Å². The number of hydrogen-bond acceptors (Lipinski definition) is 8. The van der Waals surface area contributed by atoms with E-state index < -0.39 is 16.6 Å². The summed E-state index contributed by atoms with van der Waals surface area (Å²) in [7, 11) is 0. The predicted molar refractivity (Wildman–Crippen MR) is 199 cm³/mol. The molecular weight excluding hydrogens is 672 g/mol. The molecule has 2 bridgehead atoms. The van der Waals surface area contributed by atoms with Gasteiger partial charge >= 0.3 is 0 Å². The van der Waals surface area contributed by atoms with E-state index in [1.165, 1.54) is 32.1 Å². The van der Waals surface area contributed by atoms with E-state index in [1.807, 2.05) is 22.5 Å². The number of piperidine rings is 3. The lowest BCUT2D eigenvalue weighted by molar-refractivity contribution is -0.170. The Morgan fingerprint density at radius 2 is 1.77 bits per heavy atom. The fourth-order valence-corrected chi connectivity index (χ4v) is 10.2. The van der Waals surface area contributed by atoms with Crippen molar-refractivity contribution < 1.29 is 18.7 Å². The lowest BCUT2D eigenvalue weighted by Crippen LogP contribution is -2.61. The first kappa shape index (κ1) is 33.2. The maximum absolute atomic E-state index is 14.9. The van der Waals surface area contributed by atoms with Crippen molar-refractivity contribution in [1.29, 1.82) is 0 Å². The van der Waals surface area contributed by atoms with Gasteiger partial charge in [-0.1, -0.05) is 12.1 Å². The van der Waals surface area contributed by atoms with Gasteiger partial charge in [0.1, 0.15) is 5.52 Å². The molecule has 0 atom stereocenters. The van der Waals surface area contributed by atoms with Crippen molar-refractivity contribution in [3.8, 4) is 11.3 Å². The van der Waals surface area contributed by atoms with Crippen LogP contribution in [0.3, 0.4) is 0 Å². The highest BCUT2D eigenvalue weighted by Crippen LogP contribution is 2.53. The van der Waals surface area contributed by atoms with E-state index in [4.69, 9.17) is 14.7 Å². The molecule has 1 N–H and O–H groups in total. The summed E-state index contributed by atoms with van der Waals surface area (Å²) in [6.45, 7) is 10.5. The van der Waals surface area contributed by atoms with E-state index in [9.17, 15) is 14.0 Å². The monoisotopic (exact) mass is 718 g/mol. The molecule has 8 heterocycles. The van der Waals surface area contributed by atoms with Gasteiger partial charge in [0, 0.05) is 61.8 Å². The largest absolute Gasteiger partial charge is 0.379 e. The predicted octanol–water partition coefficient (Wildman–Crippen LogP) is 6.07. The van der Waals surface area contributed by atoms with E-state index in [0.29, 0.717) is 56.7 Å². The van der Waals surface area contributed by atoms with Gasteiger partial charge in [-0.05, 0) is 94.9 Å². The Bertz CT molecular complexity index is 2120. The third-order valence-electron chi connectivity index (χ3n) is 13.4. The minimum atomic E-state index is -0.668. The van der Waals surface area contributed by atoms with Gasteiger partial charge in [-0.2, -0.15) is 0 Å². The Morgan fingerprint density at radius 1 is 1.02 bits per heavy atom. The van der Waals surface area contributed by atoms with Gasteiger partial charge in [0.15, 0.2) is 11.6 Å². The first-order valence-electron chi connectivity index (χ1n) is 19.4. The smallest absolute Gasteiger partial charge is 0.238 e. The second-order valence-corrected chi connectivity index (χ2v) is 17.2. The molecule has 4 aromatic rings. The number of rotatable bonds is 7. The van der Waals surface area contributed by atoms with E-state index >= 15 is 0 Å². The quantitative estimate of drug-likeness (QED) is 0.245. The molecule has 5 aliphatic heterocycles. The number of fused-ring (bicyclic) bond motifs is 5. The number of carbonyl (C=O) groups is 2. The highest BCUT2D eigenvalue weighted by Gasteiger charge is 2.57. The van der Waals surface area contributed by atoms with Crippen LogP contribution < -0.4 is 10.2 Å². The molecule has 2 saturated carbocycles. The first-order chi connectivity index (χ1) is 25.6. The molecule has 7 aliphatic rings. The number of nitrogens with one attached hydrogen (secondary N) is 1. The minimum absolute atomic E-state index is 0.111. The molecular formula is C41H47FN8O3. The topological polar surface area (TPSA) is 109 Å². The number of nitrogens with zero attached hydrogens (tertiary/aromatic N) is 7. The Balaban J connectivity index is 1.01. The van der Waals surface area contributed by atoms with Gasteiger partial charge in [-0.15, -0.1) is 0 Å². The fourth-order valence-electron chi connectivity index (χ4n) is 10.2. The van der Waals surface area contributed by atoms with Crippen LogP contribution in [0.25, 0.3) is 22.3 Å². The summed E-state index contributed by atoms with van der Waals surface area (Å²) in [5.74, 6) is 2.04. The number of pyridine rings is 2. The molecule has 11 nitrogen and oxygen atoms in total. The van der Waals surface area contributed by atoms with Crippen LogP contribution in [0.15, 0.2) is 49.1 Å². The third-order valence-corrected chi connectivity index (χ3v) is 13.4. The number of likely N-dealkylation sites (tertiary alicyclic amines) is 1. The van der Waals surface area contributed by atoms with Crippen molar-refractivity contribution >= 4 is 40.0 Å². The average molecular weight is 719 g/mol. The molecule has 1 aromatic carbocycles. The highest BCUT2D eigenvalue weighted by molar-refractivity contribution is 6.09. The Kier molecular flexibility index (Phi) is 7.54. The van der Waals surface area contributed by atoms with Crippen LogP contribution in [0.1, 0.15) is 70.9 Å². The average Bonchev–Trinajstić information content (AvgIpc) is 3.65. The number of aromatic nitrogens is 4. The van der Waals surface area contributed by atoms with Crippen LogP contribution >= 0.6 is 0 Å². The number of halogens is 1. The normalized spacial score (nSPS) is 27.1. The number of hydrogen-bond donors (Lipinski definition) is 1. The zero-order valence-corrected chi connectivity index (χ0v) is 30.7. The van der Waals surface area contributed by atoms with Crippen LogP contribution in [0.5, 0.6) is 0 Å². The molecule has 53 heavy (non-hydrogen) atoms. The number of carbonyl (C=O) groups excluding carboxylic acids is 2. The molecule has 3 aromatic heterocycles. The summed E-state index contributed by atoms with van der Waals surface area (Å²) in [5.41, 5.74) is 4.26. The van der Waals surface area contributed by atoms with Crippen molar-refractivity contribution in [1.82, 2.24) is 29.3 Å². The number of ether oxygens (including phenoxy) is 1. The second-order valence-electron chi connectivity index (χ2n) is 17.2. The molecule has 2 aliphatic carbocycles. The highest BCUT2D eigenvalue weighted by atomic mass is 19.1. The maximum Gasteiger partial charge on any atom is 0.238 e. The molecule has 0 radical (unpaired) electrons. The van der Waals surface area contributed by atoms with Gasteiger partial charge in [0.25, 0.3) is 0 Å². The Labute approximate surface area is 308 Å². The van der Waals surface area contributed by atoms with E-state index in [2.05, 4.69) is 52.1 Å². The number of anilines is 3. The van der Waals surface area contributed by atoms with Crippen LogP contribution in [-0.2, 0) is 19.7 Å². The van der Waals surface area contributed by atoms with E-state index in [1.54, 1.807) is 18.6 Å². The summed E-state index contributed by atoms with van der Waals surface area (Å²) in [6, 6.07) is 10.7. The molecule has 6 fully saturated rings. The van der Waals surface area contributed by atoms with Crippen molar-refractivity contribution in [3.63, 3.8) is 0 Å². The van der Waals surface area contributed by atoms with Crippen molar-refractivity contribution in [3.05, 3.63) is 60.4 Å². The van der Waals surface area contributed by atoms with Crippen LogP contribution in [0, 0.1) is 23.1 Å². The summed E-state index contributed by atoms with van der Waals surface area (Å²) < 4.78 is 22.3. The van der Waals surface area contributed by atoms with Crippen molar-refractivity contribution in [2.24, 2.45) is 17.3 Å². The molecule has 276 valence electrons. The SMILES string of the molecule is CC(C)n1cnc2cc(-c3ccc4c(c3)N([C@H]3C[C@@H](N5CC6CC(C6)C5)C3)C(=O)C43CCN(C(=O)C4(C)COC4)CC3)nc(Nc3ccncc3F)c21. The van der Waals surface area contributed by atoms with Gasteiger partial charge in [0.05, 0.1) is 53.5 Å². The number of imidazole rings is 1. The van der Waals surface area contributed by atoms with Crippen LogP contribution in [0.2, 0.25) is 0 Å². The summed E-state index contributed by atoms with van der Waals surface area (Å²) in [4.78, 5) is 48.9. The molecule has 1 spiro atoms.